The molecule has 0 aliphatic carbocycles. The normalized spacial score (nSPS) is 22.6. The van der Waals surface area contributed by atoms with Crippen LogP contribution < -0.4 is 10.2 Å². The maximum absolute atomic E-state index is 3.66. The Kier molecular flexibility index (Phi) is 4.57. The van der Waals surface area contributed by atoms with Crippen molar-refractivity contribution in [2.45, 2.75) is 39.2 Å². The minimum Gasteiger partial charge on any atom is -0.366 e. The van der Waals surface area contributed by atoms with Crippen LogP contribution in [-0.4, -0.2) is 25.7 Å². The molecule has 19 heavy (non-hydrogen) atoms. The van der Waals surface area contributed by atoms with Crippen LogP contribution in [0.5, 0.6) is 0 Å². The van der Waals surface area contributed by atoms with Crippen LogP contribution in [0.3, 0.4) is 0 Å². The van der Waals surface area contributed by atoms with Crippen molar-refractivity contribution >= 4 is 21.6 Å². The predicted molar refractivity (Wildman–Crippen MR) is 87.0 cm³/mol. The Morgan fingerprint density at radius 1 is 1.42 bits per heavy atom. The summed E-state index contributed by atoms with van der Waals surface area (Å²) < 4.78 is 1.21. The van der Waals surface area contributed by atoms with Gasteiger partial charge in [0.2, 0.25) is 0 Å². The molecule has 1 aromatic rings. The molecule has 0 aromatic heterocycles. The second kappa shape index (κ2) is 5.84. The molecule has 2 rings (SSSR count). The number of aryl methyl sites for hydroxylation is 1. The molecule has 1 atom stereocenters. The van der Waals surface area contributed by atoms with E-state index in [0.29, 0.717) is 0 Å². The van der Waals surface area contributed by atoms with Gasteiger partial charge in [0.05, 0.1) is 0 Å². The van der Waals surface area contributed by atoms with Gasteiger partial charge in [0.1, 0.15) is 0 Å². The van der Waals surface area contributed by atoms with Gasteiger partial charge in [0.15, 0.2) is 0 Å². The summed E-state index contributed by atoms with van der Waals surface area (Å²) >= 11 is 3.66. The first kappa shape index (κ1) is 14.9. The molecule has 106 valence electrons. The van der Waals surface area contributed by atoms with Gasteiger partial charge in [0, 0.05) is 22.2 Å². The summed E-state index contributed by atoms with van der Waals surface area (Å²) in [5, 5.41) is 3.32. The molecule has 0 amide bonds. The van der Waals surface area contributed by atoms with Crippen LogP contribution in [-0.2, 0) is 0 Å². The van der Waals surface area contributed by atoms with E-state index in [4.69, 9.17) is 0 Å². The molecule has 1 fully saturated rings. The van der Waals surface area contributed by atoms with Gasteiger partial charge in [-0.15, -0.1) is 0 Å². The van der Waals surface area contributed by atoms with Crippen molar-refractivity contribution in [1.29, 1.82) is 0 Å². The van der Waals surface area contributed by atoms with E-state index < -0.39 is 0 Å². The average molecular weight is 325 g/mol. The summed E-state index contributed by atoms with van der Waals surface area (Å²) in [5.41, 5.74) is 2.88. The fourth-order valence-electron chi connectivity index (χ4n) is 2.95. The Morgan fingerprint density at radius 2 is 2.16 bits per heavy atom. The third-order valence-electron chi connectivity index (χ3n) is 4.30. The van der Waals surface area contributed by atoms with E-state index in [1.165, 1.54) is 28.6 Å². The standard InChI is InChI=1S/C16H25BrN2/c1-12-5-6-14(9-15(12)17)19-11-13(10-18-4)7-8-16(19,2)3/h5-6,9,13,18H,7-8,10-11H2,1-4H3. The molecule has 0 spiro atoms. The van der Waals surface area contributed by atoms with Crippen LogP contribution in [0.25, 0.3) is 0 Å². The smallest absolute Gasteiger partial charge is 0.0382 e. The highest BCUT2D eigenvalue weighted by atomic mass is 79.9. The van der Waals surface area contributed by atoms with Gasteiger partial charge in [-0.3, -0.25) is 0 Å². The molecule has 1 N–H and O–H groups in total. The second-order valence-corrected chi connectivity index (χ2v) is 7.17. The molecule has 2 nitrogen and oxygen atoms in total. The number of hydrogen-bond acceptors (Lipinski definition) is 2. The topological polar surface area (TPSA) is 15.3 Å². The van der Waals surface area contributed by atoms with Crippen molar-refractivity contribution in [2.75, 3.05) is 25.0 Å². The van der Waals surface area contributed by atoms with Gasteiger partial charge < -0.3 is 10.2 Å². The maximum Gasteiger partial charge on any atom is 0.0382 e. The van der Waals surface area contributed by atoms with Gasteiger partial charge in [-0.1, -0.05) is 22.0 Å². The largest absolute Gasteiger partial charge is 0.366 e. The lowest BCUT2D eigenvalue weighted by Gasteiger charge is -2.47. The van der Waals surface area contributed by atoms with Gasteiger partial charge >= 0.3 is 0 Å². The molecule has 1 heterocycles. The highest BCUT2D eigenvalue weighted by molar-refractivity contribution is 9.10. The van der Waals surface area contributed by atoms with Gasteiger partial charge in [0.25, 0.3) is 0 Å². The van der Waals surface area contributed by atoms with E-state index in [-0.39, 0.29) is 5.54 Å². The average Bonchev–Trinajstić information content (AvgIpc) is 2.35. The lowest BCUT2D eigenvalue weighted by molar-refractivity contribution is 0.287. The minimum atomic E-state index is 0.249. The van der Waals surface area contributed by atoms with E-state index in [1.54, 1.807) is 0 Å². The molecule has 1 aromatic carbocycles. The summed E-state index contributed by atoms with van der Waals surface area (Å²) in [6, 6.07) is 6.72. The first-order chi connectivity index (χ1) is 8.94. The van der Waals surface area contributed by atoms with Crippen molar-refractivity contribution in [3.63, 3.8) is 0 Å². The Bertz CT molecular complexity index is 442. The predicted octanol–water partition coefficient (Wildman–Crippen LogP) is 3.97. The number of benzene rings is 1. The molecular formula is C16H25BrN2. The van der Waals surface area contributed by atoms with E-state index in [2.05, 4.69) is 65.1 Å². The maximum atomic E-state index is 3.66. The molecule has 1 saturated heterocycles. The van der Waals surface area contributed by atoms with E-state index in [1.807, 2.05) is 7.05 Å². The van der Waals surface area contributed by atoms with E-state index >= 15 is 0 Å². The van der Waals surface area contributed by atoms with Gasteiger partial charge in [-0.25, -0.2) is 0 Å². The highest BCUT2D eigenvalue weighted by Gasteiger charge is 2.34. The Morgan fingerprint density at radius 3 is 2.79 bits per heavy atom. The van der Waals surface area contributed by atoms with Crippen molar-refractivity contribution in [3.8, 4) is 0 Å². The summed E-state index contributed by atoms with van der Waals surface area (Å²) in [4.78, 5) is 2.57. The van der Waals surface area contributed by atoms with Crippen LogP contribution in [0.2, 0.25) is 0 Å². The van der Waals surface area contributed by atoms with Crippen LogP contribution in [0.1, 0.15) is 32.3 Å². The van der Waals surface area contributed by atoms with Crippen molar-refractivity contribution in [2.24, 2.45) is 5.92 Å². The van der Waals surface area contributed by atoms with E-state index in [0.717, 1.165) is 19.0 Å². The first-order valence-corrected chi connectivity index (χ1v) is 7.92. The Labute approximate surface area is 125 Å². The number of piperidine rings is 1. The molecule has 3 heteroatoms. The summed E-state index contributed by atoms with van der Waals surface area (Å²) in [6.45, 7) is 9.11. The third kappa shape index (κ3) is 3.32. The molecule has 0 bridgehead atoms. The summed E-state index contributed by atoms with van der Waals surface area (Å²) in [5.74, 6) is 0.748. The number of halogens is 1. The SMILES string of the molecule is CNCC1CCC(C)(C)N(c2ccc(C)c(Br)c2)C1. The zero-order chi connectivity index (χ0) is 14.0. The van der Waals surface area contributed by atoms with E-state index in [9.17, 15) is 0 Å². The molecule has 1 unspecified atom stereocenters. The molecule has 0 radical (unpaired) electrons. The fourth-order valence-corrected chi connectivity index (χ4v) is 3.32. The zero-order valence-corrected chi connectivity index (χ0v) is 14.0. The third-order valence-corrected chi connectivity index (χ3v) is 5.15. The molecule has 0 saturated carbocycles. The van der Waals surface area contributed by atoms with Crippen LogP contribution in [0.4, 0.5) is 5.69 Å². The lowest BCUT2D eigenvalue weighted by Crippen LogP contribution is -2.52. The summed E-state index contributed by atoms with van der Waals surface area (Å²) in [7, 11) is 2.05. The first-order valence-electron chi connectivity index (χ1n) is 7.12. The number of anilines is 1. The lowest BCUT2D eigenvalue weighted by atomic mass is 9.84. The number of nitrogens with one attached hydrogen (secondary N) is 1. The Balaban J connectivity index is 2.25. The van der Waals surface area contributed by atoms with Gasteiger partial charge in [-0.2, -0.15) is 0 Å². The number of nitrogens with zero attached hydrogens (tertiary/aromatic N) is 1. The quantitative estimate of drug-likeness (QED) is 0.904. The summed E-state index contributed by atoms with van der Waals surface area (Å²) in [6.07, 6.45) is 2.57. The monoisotopic (exact) mass is 324 g/mol. The van der Waals surface area contributed by atoms with Crippen LogP contribution in [0.15, 0.2) is 22.7 Å². The van der Waals surface area contributed by atoms with Crippen molar-refractivity contribution < 1.29 is 0 Å². The number of hydrogen-bond donors (Lipinski definition) is 1. The van der Waals surface area contributed by atoms with Crippen LogP contribution >= 0.6 is 15.9 Å². The van der Waals surface area contributed by atoms with Crippen molar-refractivity contribution in [1.82, 2.24) is 5.32 Å². The minimum absolute atomic E-state index is 0.249. The Hall–Kier alpha value is -0.540. The second-order valence-electron chi connectivity index (χ2n) is 6.32. The molecule has 1 aliphatic rings. The molecular weight excluding hydrogens is 300 g/mol. The number of rotatable bonds is 3. The zero-order valence-electron chi connectivity index (χ0n) is 12.5. The van der Waals surface area contributed by atoms with Gasteiger partial charge in [-0.05, 0) is 70.8 Å². The van der Waals surface area contributed by atoms with Crippen molar-refractivity contribution in [3.05, 3.63) is 28.2 Å². The van der Waals surface area contributed by atoms with Crippen LogP contribution in [0, 0.1) is 12.8 Å². The molecule has 1 aliphatic heterocycles. The fraction of sp³-hybridized carbons (Fsp3) is 0.625. The highest BCUT2D eigenvalue weighted by Crippen LogP contribution is 2.36.